The molecule has 0 atom stereocenters. The number of nitrogens with one attached hydrogen (secondary N) is 4. The van der Waals surface area contributed by atoms with Gasteiger partial charge in [-0.25, -0.2) is 20.9 Å². The van der Waals surface area contributed by atoms with Crippen molar-refractivity contribution in [2.75, 3.05) is 60.0 Å². The molecule has 0 radical (unpaired) electrons. The molecule has 0 fully saturated rings. The zero-order chi connectivity index (χ0) is 92.6. The van der Waals surface area contributed by atoms with Crippen molar-refractivity contribution in [2.45, 2.75) is 34.1 Å². The number of phenols is 1. The number of carbonyl (C=O) groups excluding carboxylic acids is 5. The number of halogens is 2. The molecule has 23 nitrogen and oxygen atoms in total. The van der Waals surface area contributed by atoms with Gasteiger partial charge in [0.15, 0.2) is 23.9 Å². The highest BCUT2D eigenvalue weighted by atomic mass is 35.5. The van der Waals surface area contributed by atoms with Crippen molar-refractivity contribution in [1.82, 2.24) is 4.98 Å². The molecule has 0 saturated carbocycles. The van der Waals surface area contributed by atoms with Crippen molar-refractivity contribution in [1.29, 1.82) is 0 Å². The quantitative estimate of drug-likeness (QED) is 0.0193. The van der Waals surface area contributed by atoms with Gasteiger partial charge in [-0.15, -0.1) is 5.10 Å². The number of amides is 2. The Morgan fingerprint density at radius 3 is 1.43 bits per heavy atom. The second-order valence-corrected chi connectivity index (χ2v) is 27.4. The minimum Gasteiger partial charge on any atom is -0.507 e. The fourth-order valence-electron chi connectivity index (χ4n) is 11.1. The molecule has 3 aliphatic rings. The number of ether oxygens (including phenoxy) is 2. The third kappa shape index (κ3) is 34.9. The highest BCUT2D eigenvalue weighted by molar-refractivity contribution is 6.33. The molecular weight excluding hydrogens is 1670 g/mol. The van der Waals surface area contributed by atoms with Gasteiger partial charge in [0.25, 0.3) is 11.7 Å². The van der Waals surface area contributed by atoms with Gasteiger partial charge in [0.1, 0.15) is 23.6 Å². The predicted octanol–water partition coefficient (Wildman–Crippen LogP) is 19.6. The van der Waals surface area contributed by atoms with Crippen LogP contribution in [0.15, 0.2) is 383 Å². The average Bonchev–Trinajstić information content (AvgIpc) is 1.67. The number of nitrogens with zero attached hydrogens (tertiary/aromatic N) is 7. The van der Waals surface area contributed by atoms with Gasteiger partial charge in [-0.1, -0.05) is 284 Å². The van der Waals surface area contributed by atoms with Crippen LogP contribution in [0.1, 0.15) is 84.9 Å². The number of aryl methyl sites for hydroxylation is 2. The molecule has 9 N–H and O–H groups in total. The van der Waals surface area contributed by atoms with Crippen LogP contribution in [0.5, 0.6) is 11.5 Å². The van der Waals surface area contributed by atoms with E-state index in [1.807, 2.05) is 251 Å². The molecule has 2 amide bonds. The molecular formula is C105H93Cl2N13O10. The standard InChI is InChI=1S/C17H17N3.C15H10ClNO2.C15H12N2O2.C15H12N2O.C11H12N2O2.C9H7NO.C8H6N2O.C8H10O.C7H7Cl/c1-2-18-15-11-7-6-10-14(15)16-12-19-17(20-16)13-8-4-3-5-9-13;16-13-8-4-5-9-14(13)17-19-11-10-15(18)12-6-2-1-3-7-12;18-15(16-13-7-3-1-4-8-13)11-12-19-17-14-9-5-2-6-10-14;18-14-9-5-4-8-12(14)13-10-16-15(17-13)11-6-2-1-3-7-11;1-2-15-10-8-11(14)13(12-10)9-6-4-3-5-7-9;10-7-6-9(11)8-4-2-1-3-5-8;9-5-4-8(11)7-3-1-2-6-10-7;1-7-5-3-4-6-8(7)9-2;1-6-4-2-3-5-7(6)8/h3-11,18H,2,12H2,1H3;1-9,17H;1-10,17H,(H,16,18);1-9,18H,10H2;3-7H,2,8H2,1H3;1-5H,10H2;1-3,6H,9H2;3-6H,1-2H3;2-5H,1H3. The largest absolute Gasteiger partial charge is 0.507 e. The van der Waals surface area contributed by atoms with Crippen LogP contribution in [0.4, 0.5) is 28.4 Å². The van der Waals surface area contributed by atoms with Crippen molar-refractivity contribution in [3.05, 3.63) is 418 Å². The van der Waals surface area contributed by atoms with E-state index in [9.17, 15) is 29.1 Å². The summed E-state index contributed by atoms with van der Waals surface area (Å²) in [6.07, 6.45) is 6.36. The monoisotopic (exact) mass is 1770 g/mol. The van der Waals surface area contributed by atoms with Gasteiger partial charge in [0.2, 0.25) is 17.5 Å². The van der Waals surface area contributed by atoms with Crippen molar-refractivity contribution in [3.8, 4) is 59.5 Å². The second kappa shape index (κ2) is 56.6. The van der Waals surface area contributed by atoms with Gasteiger partial charge < -0.3 is 46.4 Å². The van der Waals surface area contributed by atoms with Crippen molar-refractivity contribution < 1.29 is 48.2 Å². The number of aromatic hydroxyl groups is 1. The van der Waals surface area contributed by atoms with E-state index in [4.69, 9.17) is 58.8 Å². The van der Waals surface area contributed by atoms with Gasteiger partial charge in [-0.2, -0.15) is 5.01 Å². The number of rotatable bonds is 17. The number of ketones is 3. The number of amidine groups is 2. The number of aromatic nitrogens is 1. The molecule has 0 spiro atoms. The summed E-state index contributed by atoms with van der Waals surface area (Å²) in [5.41, 5.74) is 28.4. The third-order valence-electron chi connectivity index (χ3n) is 17.4. The van der Waals surface area contributed by atoms with Gasteiger partial charge in [-0.05, 0) is 136 Å². The minimum atomic E-state index is -0.430. The first-order valence-electron chi connectivity index (χ1n) is 40.4. The SMILES string of the molecule is CCNc1ccccc1C1=NC(c2ccccc2)=NC1.CCOC1=NN(c2ccccc2)C(=O)C1.COc1ccccc1C.Cc1ccccc1Cl.NC#CC(=O)c1ccccc1.NC#CC(=O)c1ccccn1.O=C(C#CONc1ccccc1)Nc1ccccc1.O=C(C#CONc1ccccc1Cl)c1ccccc1.Oc1ccccc1C1=NC(c2ccccc2)=NC1. The van der Waals surface area contributed by atoms with E-state index in [0.29, 0.717) is 58.8 Å². The van der Waals surface area contributed by atoms with E-state index >= 15 is 0 Å². The van der Waals surface area contributed by atoms with E-state index in [0.717, 1.165) is 85.3 Å². The molecule has 0 saturated heterocycles. The lowest BCUT2D eigenvalue weighted by atomic mass is 10.1. The Morgan fingerprint density at radius 1 is 0.469 bits per heavy atom. The lowest BCUT2D eigenvalue weighted by Gasteiger charge is -2.09. The maximum atomic E-state index is 11.6. The summed E-state index contributed by atoms with van der Waals surface area (Å²) >= 11 is 11.6. The molecule has 0 aliphatic carbocycles. The third-order valence-corrected chi connectivity index (χ3v) is 18.1. The lowest BCUT2D eigenvalue weighted by molar-refractivity contribution is -0.117. The fourth-order valence-corrected chi connectivity index (χ4v) is 11.4. The molecule has 130 heavy (non-hydrogen) atoms. The first-order valence-corrected chi connectivity index (χ1v) is 41.2. The number of hydrogen-bond donors (Lipinski definition) is 7. The van der Waals surface area contributed by atoms with Crippen molar-refractivity contribution in [3.63, 3.8) is 0 Å². The Morgan fingerprint density at radius 2 is 0.923 bits per heavy atom. The van der Waals surface area contributed by atoms with Gasteiger partial charge in [0.05, 0.1) is 60.3 Å². The van der Waals surface area contributed by atoms with Gasteiger partial charge in [-0.3, -0.25) is 38.9 Å². The summed E-state index contributed by atoms with van der Waals surface area (Å²) in [6, 6.07) is 113. The Bertz CT molecular complexity index is 6150. The predicted molar refractivity (Wildman–Crippen MR) is 521 cm³/mol. The smallest absolute Gasteiger partial charge is 0.303 e. The van der Waals surface area contributed by atoms with Crippen LogP contribution >= 0.6 is 23.2 Å². The van der Waals surface area contributed by atoms with Gasteiger partial charge >= 0.3 is 5.91 Å². The van der Waals surface area contributed by atoms with E-state index in [-0.39, 0.29) is 35.4 Å². The number of nitrogens with two attached hydrogens (primary N) is 2. The summed E-state index contributed by atoms with van der Waals surface area (Å²) in [6.45, 7) is 10.6. The number of hydrazone groups is 1. The number of Topliss-reactive ketones (excluding diaryl/α,β-unsaturated/α-hetero) is 3. The summed E-state index contributed by atoms with van der Waals surface area (Å²) in [4.78, 5) is 88.2. The molecule has 12 aromatic carbocycles. The molecule has 3 aliphatic heterocycles. The summed E-state index contributed by atoms with van der Waals surface area (Å²) in [7, 11) is 1.68. The lowest BCUT2D eigenvalue weighted by Crippen LogP contribution is -2.19. The Kier molecular flexibility index (Phi) is 42.8. The number of benzene rings is 12. The number of aliphatic imine (C=N–C) groups is 4. The number of para-hydroxylation sites is 7. The Hall–Kier alpha value is -17.1. The highest BCUT2D eigenvalue weighted by Gasteiger charge is 2.26. The number of pyridine rings is 1. The number of methoxy groups -OCH3 is 1. The summed E-state index contributed by atoms with van der Waals surface area (Å²) in [5, 5.41) is 22.6. The van der Waals surface area contributed by atoms with Crippen LogP contribution < -0.4 is 42.8 Å². The van der Waals surface area contributed by atoms with Crippen LogP contribution in [-0.2, 0) is 24.0 Å². The first-order chi connectivity index (χ1) is 63.5. The number of anilines is 5. The number of hydrogen-bond acceptors (Lipinski definition) is 21. The molecule has 25 heteroatoms. The minimum absolute atomic E-state index is 0.0512. The Labute approximate surface area is 766 Å². The zero-order valence-corrected chi connectivity index (χ0v) is 73.3. The summed E-state index contributed by atoms with van der Waals surface area (Å²) in [5.74, 6) is 11.0. The van der Waals surface area contributed by atoms with E-state index in [1.165, 1.54) is 16.8 Å². The van der Waals surface area contributed by atoms with Crippen LogP contribution in [-0.4, -0.2) is 102 Å². The molecule has 13 aromatic rings. The van der Waals surface area contributed by atoms with E-state index < -0.39 is 5.91 Å². The fraction of sp³-hybridized carbons (Fsp3) is 0.0952. The Balaban J connectivity index is 0.000000183. The van der Waals surface area contributed by atoms with Gasteiger partial charge in [0, 0.05) is 92.4 Å². The number of phenolic OH excluding ortho intramolecular Hbond substituents is 1. The first kappa shape index (κ1) is 98.3. The van der Waals surface area contributed by atoms with E-state index in [2.05, 4.69) is 108 Å². The van der Waals surface area contributed by atoms with Crippen LogP contribution in [0, 0.1) is 61.8 Å². The maximum absolute atomic E-state index is 11.6. The van der Waals surface area contributed by atoms with E-state index in [1.54, 1.807) is 122 Å². The molecule has 1 aromatic heterocycles. The van der Waals surface area contributed by atoms with Crippen LogP contribution in [0.2, 0.25) is 10.0 Å². The second-order valence-electron chi connectivity index (χ2n) is 26.6. The van der Waals surface area contributed by atoms with Crippen molar-refractivity contribution in [2.24, 2.45) is 36.5 Å². The molecule has 0 bridgehead atoms. The molecule has 652 valence electrons. The normalized spacial score (nSPS) is 11.1. The molecule has 16 rings (SSSR count). The van der Waals surface area contributed by atoms with Crippen LogP contribution in [0.25, 0.3) is 0 Å². The summed E-state index contributed by atoms with van der Waals surface area (Å²) < 4.78 is 10.3. The topological polar surface area (TPSA) is 321 Å². The zero-order valence-electron chi connectivity index (χ0n) is 71.8. The highest BCUT2D eigenvalue weighted by Crippen LogP contribution is 2.25. The van der Waals surface area contributed by atoms with Crippen LogP contribution in [0.3, 0.4) is 0 Å². The molecule has 4 heterocycles. The average molecular weight is 1770 g/mol. The van der Waals surface area contributed by atoms with Crippen molar-refractivity contribution >= 4 is 110 Å². The maximum Gasteiger partial charge on any atom is 0.303 e. The molecule has 0 unspecified atom stereocenters. The number of carbonyl (C=O) groups is 5.